The Balaban J connectivity index is 2.79. The summed E-state index contributed by atoms with van der Waals surface area (Å²) in [5.41, 5.74) is 0.369. The molecule has 0 unspecified atom stereocenters. The second-order valence-corrected chi connectivity index (χ2v) is 8.45. The van der Waals surface area contributed by atoms with Gasteiger partial charge in [-0.1, -0.05) is 93.0 Å². The van der Waals surface area contributed by atoms with Gasteiger partial charge in [0.15, 0.2) is 0 Å². The average Bonchev–Trinajstić information content (AvgIpc) is 2.73. The Labute approximate surface area is 201 Å². The van der Waals surface area contributed by atoms with Crippen LogP contribution in [0, 0.1) is 29.6 Å². The molecule has 0 heterocycles. The largest absolute Gasteiger partial charge is 0.481 e. The number of benzene rings is 1. The minimum Gasteiger partial charge on any atom is -0.481 e. The van der Waals surface area contributed by atoms with Crippen LogP contribution in [0.2, 0.25) is 10.0 Å². The van der Waals surface area contributed by atoms with Gasteiger partial charge in [-0.05, 0) is 36.5 Å². The molecule has 1 aromatic carbocycles. The number of halogens is 2. The van der Waals surface area contributed by atoms with E-state index in [2.05, 4.69) is 42.5 Å². The summed E-state index contributed by atoms with van der Waals surface area (Å²) < 4.78 is 0. The number of nitrogens with one attached hydrogen (secondary N) is 1. The Hall–Kier alpha value is -2.40. The molecule has 0 spiro atoms. The minimum absolute atomic E-state index is 0.119. The standard InChI is InChI=1S/C26H31Cl2NO3/c1-3-5-6-7-8-9-10-14-24(15-12-11-13-20(4-2)16-25(30)31)29-26(32)21-17-22(27)19-23(28)18-21/h4,17-20,24H,2-3,5-10,14,16H2,1H3,(H,29,32)(H,30,31)/t20-,24+/m0/s1. The third kappa shape index (κ3) is 12.5. The summed E-state index contributed by atoms with van der Waals surface area (Å²) in [5, 5.41) is 12.6. The number of hydrogen-bond donors (Lipinski definition) is 2. The summed E-state index contributed by atoms with van der Waals surface area (Å²) >= 11 is 12.0. The van der Waals surface area contributed by atoms with E-state index in [0.29, 0.717) is 22.0 Å². The molecule has 1 aromatic rings. The lowest BCUT2D eigenvalue weighted by atomic mass is 10.0. The molecule has 2 N–H and O–H groups in total. The van der Waals surface area contributed by atoms with Gasteiger partial charge in [0, 0.05) is 21.5 Å². The Morgan fingerprint density at radius 1 is 1.03 bits per heavy atom. The van der Waals surface area contributed by atoms with Crippen LogP contribution in [0.15, 0.2) is 30.9 Å². The Morgan fingerprint density at radius 2 is 1.62 bits per heavy atom. The molecule has 0 saturated carbocycles. The van der Waals surface area contributed by atoms with Gasteiger partial charge in [-0.3, -0.25) is 9.59 Å². The first-order valence-electron chi connectivity index (χ1n) is 11.0. The van der Waals surface area contributed by atoms with Gasteiger partial charge >= 0.3 is 5.97 Å². The number of carbonyl (C=O) groups is 2. The van der Waals surface area contributed by atoms with Crippen LogP contribution in [0.5, 0.6) is 0 Å². The number of carboxylic acids is 1. The van der Waals surface area contributed by atoms with Crippen molar-refractivity contribution in [3.8, 4) is 23.7 Å². The molecule has 32 heavy (non-hydrogen) atoms. The highest BCUT2D eigenvalue weighted by molar-refractivity contribution is 6.35. The van der Waals surface area contributed by atoms with Crippen LogP contribution in [0.4, 0.5) is 0 Å². The van der Waals surface area contributed by atoms with Gasteiger partial charge < -0.3 is 10.4 Å². The predicted octanol–water partition coefficient (Wildman–Crippen LogP) is 6.52. The van der Waals surface area contributed by atoms with Gasteiger partial charge in [-0.15, -0.1) is 6.58 Å². The number of carboxylic acid groups (broad SMARTS) is 1. The first-order chi connectivity index (χ1) is 15.3. The van der Waals surface area contributed by atoms with Crippen LogP contribution in [0.1, 0.15) is 75.1 Å². The van der Waals surface area contributed by atoms with E-state index in [9.17, 15) is 9.59 Å². The van der Waals surface area contributed by atoms with Crippen LogP contribution in [0.3, 0.4) is 0 Å². The summed E-state index contributed by atoms with van der Waals surface area (Å²) in [6.07, 6.45) is 10.2. The van der Waals surface area contributed by atoms with Crippen molar-refractivity contribution in [3.63, 3.8) is 0 Å². The van der Waals surface area contributed by atoms with E-state index in [-0.39, 0.29) is 18.4 Å². The molecule has 0 aliphatic carbocycles. The molecule has 172 valence electrons. The first kappa shape index (κ1) is 27.6. The van der Waals surface area contributed by atoms with Crippen LogP contribution in [0.25, 0.3) is 0 Å². The number of rotatable bonds is 13. The highest BCUT2D eigenvalue weighted by Gasteiger charge is 2.13. The van der Waals surface area contributed by atoms with Crippen molar-refractivity contribution < 1.29 is 14.7 Å². The lowest BCUT2D eigenvalue weighted by Gasteiger charge is -2.13. The number of aliphatic carboxylic acids is 1. The van der Waals surface area contributed by atoms with E-state index in [4.69, 9.17) is 28.3 Å². The van der Waals surface area contributed by atoms with Crippen molar-refractivity contribution in [1.82, 2.24) is 5.32 Å². The predicted molar refractivity (Wildman–Crippen MR) is 132 cm³/mol. The quantitative estimate of drug-likeness (QED) is 0.194. The van der Waals surface area contributed by atoms with Gasteiger partial charge in [0.25, 0.3) is 5.91 Å². The first-order valence-corrected chi connectivity index (χ1v) is 11.7. The van der Waals surface area contributed by atoms with E-state index in [1.165, 1.54) is 31.8 Å². The number of carbonyl (C=O) groups excluding carboxylic acids is 1. The molecular formula is C26H31Cl2NO3. The van der Waals surface area contributed by atoms with Gasteiger partial charge in [0.2, 0.25) is 0 Å². The lowest BCUT2D eigenvalue weighted by Crippen LogP contribution is -2.33. The highest BCUT2D eigenvalue weighted by Crippen LogP contribution is 2.19. The fourth-order valence-electron chi connectivity index (χ4n) is 3.05. The Bertz CT molecular complexity index is 870. The summed E-state index contributed by atoms with van der Waals surface area (Å²) in [6.45, 7) is 5.79. The van der Waals surface area contributed by atoms with Gasteiger partial charge in [0.1, 0.15) is 0 Å². The normalized spacial score (nSPS) is 11.8. The smallest absolute Gasteiger partial charge is 0.304 e. The van der Waals surface area contributed by atoms with Crippen LogP contribution in [-0.2, 0) is 4.79 Å². The molecule has 0 fully saturated rings. The zero-order chi connectivity index (χ0) is 23.8. The molecule has 4 nitrogen and oxygen atoms in total. The van der Waals surface area contributed by atoms with Crippen molar-refractivity contribution >= 4 is 35.1 Å². The van der Waals surface area contributed by atoms with Gasteiger partial charge in [0.05, 0.1) is 12.5 Å². The summed E-state index contributed by atoms with van der Waals surface area (Å²) in [4.78, 5) is 23.5. The van der Waals surface area contributed by atoms with Crippen molar-refractivity contribution in [2.75, 3.05) is 0 Å². The van der Waals surface area contributed by atoms with Crippen molar-refractivity contribution in [2.45, 2.75) is 70.8 Å². The summed E-state index contributed by atoms with van der Waals surface area (Å²) in [6, 6.07) is 4.30. The van der Waals surface area contributed by atoms with Crippen molar-refractivity contribution in [3.05, 3.63) is 46.5 Å². The molecule has 0 aromatic heterocycles. The molecule has 1 amide bonds. The SMILES string of the molecule is C=C[C@@H](C#CC#C[C@@H](CCCCCCCCC)NC(=O)c1cc(Cl)cc(Cl)c1)CC(=O)O. The third-order valence-electron chi connectivity index (χ3n) is 4.77. The molecule has 1 rings (SSSR count). The van der Waals surface area contributed by atoms with E-state index in [1.807, 2.05) is 0 Å². The fraction of sp³-hybridized carbons (Fsp3) is 0.462. The van der Waals surface area contributed by atoms with Crippen LogP contribution in [-0.4, -0.2) is 23.0 Å². The van der Waals surface area contributed by atoms with Crippen molar-refractivity contribution in [1.29, 1.82) is 0 Å². The van der Waals surface area contributed by atoms with E-state index < -0.39 is 11.9 Å². The molecule has 2 atom stereocenters. The highest BCUT2D eigenvalue weighted by atomic mass is 35.5. The molecule has 0 aliphatic rings. The number of amides is 1. The van der Waals surface area contributed by atoms with Gasteiger partial charge in [-0.2, -0.15) is 0 Å². The minimum atomic E-state index is -0.943. The van der Waals surface area contributed by atoms with E-state index in [1.54, 1.807) is 18.2 Å². The maximum absolute atomic E-state index is 12.7. The Morgan fingerprint density at radius 3 is 2.22 bits per heavy atom. The number of hydrogen-bond acceptors (Lipinski definition) is 2. The zero-order valence-electron chi connectivity index (χ0n) is 18.6. The van der Waals surface area contributed by atoms with Crippen LogP contribution >= 0.6 is 23.2 Å². The average molecular weight is 476 g/mol. The third-order valence-corrected chi connectivity index (χ3v) is 5.21. The van der Waals surface area contributed by atoms with Crippen molar-refractivity contribution in [2.24, 2.45) is 5.92 Å². The second-order valence-electron chi connectivity index (χ2n) is 7.57. The van der Waals surface area contributed by atoms with Gasteiger partial charge in [-0.25, -0.2) is 0 Å². The van der Waals surface area contributed by atoms with E-state index >= 15 is 0 Å². The topological polar surface area (TPSA) is 66.4 Å². The lowest BCUT2D eigenvalue weighted by molar-refractivity contribution is -0.137. The van der Waals surface area contributed by atoms with E-state index in [0.717, 1.165) is 19.3 Å². The molecule has 0 bridgehead atoms. The molecule has 0 radical (unpaired) electrons. The molecular weight excluding hydrogens is 445 g/mol. The molecule has 0 aliphatic heterocycles. The number of unbranched alkanes of at least 4 members (excludes halogenated alkanes) is 6. The maximum atomic E-state index is 12.7. The molecule has 6 heteroatoms. The number of allylic oxidation sites excluding steroid dienone is 1. The summed E-state index contributed by atoms with van der Waals surface area (Å²) in [5.74, 6) is 9.50. The zero-order valence-corrected chi connectivity index (χ0v) is 20.1. The fourth-order valence-corrected chi connectivity index (χ4v) is 3.57. The Kier molecular flexibility index (Phi) is 14.0. The monoisotopic (exact) mass is 475 g/mol. The second kappa shape index (κ2) is 16.3. The molecule has 0 saturated heterocycles. The maximum Gasteiger partial charge on any atom is 0.304 e. The van der Waals surface area contributed by atoms with Crippen LogP contribution < -0.4 is 5.32 Å². The summed E-state index contributed by atoms with van der Waals surface area (Å²) in [7, 11) is 0.